The topological polar surface area (TPSA) is 67.3 Å². The fourth-order valence-electron chi connectivity index (χ4n) is 3.96. The van der Waals surface area contributed by atoms with E-state index in [1.165, 1.54) is 5.57 Å². The summed E-state index contributed by atoms with van der Waals surface area (Å²) in [6.45, 7) is 12.0. The third kappa shape index (κ3) is 3.29. The van der Waals surface area contributed by atoms with Crippen LogP contribution in [0.15, 0.2) is 23.2 Å². The maximum atomic E-state index is 6.36. The van der Waals surface area contributed by atoms with Crippen LogP contribution in [0.3, 0.4) is 0 Å². The Morgan fingerprint density at radius 1 is 1.25 bits per heavy atom. The molecule has 0 aliphatic carbocycles. The average Bonchev–Trinajstić information content (AvgIpc) is 2.55. The molecular formula is C16H30N4. The normalized spacial score (nSPS) is 27.2. The van der Waals surface area contributed by atoms with E-state index in [4.69, 9.17) is 11.5 Å². The van der Waals surface area contributed by atoms with Crippen LogP contribution < -0.4 is 16.8 Å². The molecule has 0 bridgehead atoms. The maximum Gasteiger partial charge on any atom is 0.102 e. The van der Waals surface area contributed by atoms with E-state index in [1.54, 1.807) is 0 Å². The smallest absolute Gasteiger partial charge is 0.102 e. The van der Waals surface area contributed by atoms with E-state index < -0.39 is 0 Å². The predicted molar refractivity (Wildman–Crippen MR) is 84.8 cm³/mol. The zero-order valence-electron chi connectivity index (χ0n) is 13.6. The molecule has 4 heteroatoms. The summed E-state index contributed by atoms with van der Waals surface area (Å²) in [7, 11) is 0. The average molecular weight is 278 g/mol. The predicted octanol–water partition coefficient (Wildman–Crippen LogP) is 2.03. The minimum Gasteiger partial charge on any atom is -0.402 e. The number of nitrogens with one attached hydrogen (secondary N) is 1. The van der Waals surface area contributed by atoms with E-state index in [0.717, 1.165) is 37.3 Å². The highest BCUT2D eigenvalue weighted by atomic mass is 15.3. The second-order valence-corrected chi connectivity index (χ2v) is 7.70. The molecule has 0 spiro atoms. The number of rotatable bonds is 2. The maximum absolute atomic E-state index is 6.36. The van der Waals surface area contributed by atoms with E-state index in [2.05, 4.69) is 37.9 Å². The largest absolute Gasteiger partial charge is 0.402 e. The Labute approximate surface area is 123 Å². The zero-order chi connectivity index (χ0) is 15.1. The van der Waals surface area contributed by atoms with Crippen LogP contribution in [0, 0.1) is 0 Å². The van der Waals surface area contributed by atoms with Crippen LogP contribution >= 0.6 is 0 Å². The highest BCUT2D eigenvalue weighted by Gasteiger charge is 2.41. The van der Waals surface area contributed by atoms with Gasteiger partial charge in [0.05, 0.1) is 0 Å². The van der Waals surface area contributed by atoms with Gasteiger partial charge in [0.15, 0.2) is 0 Å². The third-order valence-electron chi connectivity index (χ3n) is 4.27. The molecule has 0 saturated carbocycles. The summed E-state index contributed by atoms with van der Waals surface area (Å²) < 4.78 is 0. The molecule has 0 atom stereocenters. The van der Waals surface area contributed by atoms with Crippen molar-refractivity contribution < 1.29 is 0 Å². The summed E-state index contributed by atoms with van der Waals surface area (Å²) in [4.78, 5) is 2.39. The van der Waals surface area contributed by atoms with Crippen LogP contribution in [0.5, 0.6) is 0 Å². The molecule has 4 nitrogen and oxygen atoms in total. The van der Waals surface area contributed by atoms with Crippen molar-refractivity contribution in [2.45, 2.75) is 71.0 Å². The first-order valence-corrected chi connectivity index (χ1v) is 7.58. The van der Waals surface area contributed by atoms with Gasteiger partial charge in [-0.3, -0.25) is 0 Å². The van der Waals surface area contributed by atoms with Crippen LogP contribution in [-0.4, -0.2) is 28.6 Å². The summed E-state index contributed by atoms with van der Waals surface area (Å²) in [6.07, 6.45) is 5.27. The van der Waals surface area contributed by atoms with Gasteiger partial charge in [-0.15, -0.1) is 0 Å². The van der Waals surface area contributed by atoms with Crippen LogP contribution in [0.1, 0.15) is 53.9 Å². The van der Waals surface area contributed by atoms with Gasteiger partial charge < -0.3 is 21.7 Å². The van der Waals surface area contributed by atoms with Gasteiger partial charge in [-0.05, 0) is 65.5 Å². The monoisotopic (exact) mass is 278 g/mol. The van der Waals surface area contributed by atoms with Crippen molar-refractivity contribution in [3.63, 3.8) is 0 Å². The van der Waals surface area contributed by atoms with E-state index in [0.29, 0.717) is 6.04 Å². The van der Waals surface area contributed by atoms with Crippen molar-refractivity contribution in [1.82, 2.24) is 10.2 Å². The van der Waals surface area contributed by atoms with Crippen molar-refractivity contribution >= 4 is 0 Å². The zero-order valence-corrected chi connectivity index (χ0v) is 13.6. The fraction of sp³-hybridized carbons (Fsp3) is 0.750. The van der Waals surface area contributed by atoms with Gasteiger partial charge in [0.1, 0.15) is 5.82 Å². The van der Waals surface area contributed by atoms with Crippen LogP contribution in [-0.2, 0) is 0 Å². The van der Waals surface area contributed by atoms with Gasteiger partial charge >= 0.3 is 0 Å². The van der Waals surface area contributed by atoms with E-state index in [-0.39, 0.29) is 11.1 Å². The first-order valence-electron chi connectivity index (χ1n) is 7.58. The Balaban J connectivity index is 2.20. The number of piperidine rings is 1. The number of hydrogen-bond acceptors (Lipinski definition) is 4. The molecule has 2 aliphatic rings. The Kier molecular flexibility index (Phi) is 3.80. The molecule has 0 aromatic heterocycles. The fourth-order valence-corrected chi connectivity index (χ4v) is 3.96. The second kappa shape index (κ2) is 4.99. The van der Waals surface area contributed by atoms with Crippen molar-refractivity contribution in [3.05, 3.63) is 23.2 Å². The Morgan fingerprint density at radius 3 is 2.30 bits per heavy atom. The number of hydrogen-bond donors (Lipinski definition) is 3. The summed E-state index contributed by atoms with van der Waals surface area (Å²) >= 11 is 0. The molecule has 0 amide bonds. The number of allylic oxidation sites excluding steroid dienone is 2. The first kappa shape index (κ1) is 15.2. The molecule has 1 fully saturated rings. The van der Waals surface area contributed by atoms with E-state index in [1.807, 2.05) is 13.0 Å². The van der Waals surface area contributed by atoms with Crippen molar-refractivity contribution in [3.8, 4) is 0 Å². The lowest BCUT2D eigenvalue weighted by atomic mass is 9.79. The van der Waals surface area contributed by atoms with Gasteiger partial charge in [-0.1, -0.05) is 0 Å². The highest BCUT2D eigenvalue weighted by Crippen LogP contribution is 2.35. The molecule has 0 unspecified atom stereocenters. The van der Waals surface area contributed by atoms with Gasteiger partial charge in [0, 0.05) is 29.4 Å². The summed E-state index contributed by atoms with van der Waals surface area (Å²) in [5.74, 6) is 0.924. The lowest BCUT2D eigenvalue weighted by Gasteiger charge is -2.49. The van der Waals surface area contributed by atoms with Crippen LogP contribution in [0.4, 0.5) is 0 Å². The van der Waals surface area contributed by atoms with Gasteiger partial charge in [0.25, 0.3) is 0 Å². The molecule has 0 aromatic carbocycles. The van der Waals surface area contributed by atoms with Gasteiger partial charge in [-0.2, -0.15) is 0 Å². The molecule has 0 radical (unpaired) electrons. The molecule has 2 aliphatic heterocycles. The minimum absolute atomic E-state index is 0.148. The molecule has 2 heterocycles. The molecule has 5 N–H and O–H groups in total. The molecule has 1 saturated heterocycles. The molecular weight excluding hydrogens is 248 g/mol. The molecule has 114 valence electrons. The lowest BCUT2D eigenvalue weighted by Crippen LogP contribution is -2.62. The third-order valence-corrected chi connectivity index (χ3v) is 4.27. The number of nitrogens with two attached hydrogens (primary N) is 2. The second-order valence-electron chi connectivity index (χ2n) is 7.70. The van der Waals surface area contributed by atoms with Gasteiger partial charge in [0.2, 0.25) is 0 Å². The standard InChI is InChI=1S/C16H30N4/c1-11(17)8-12-6-7-20(14(12)18)13-9-15(2,3)19-16(4,5)10-13/h8,13,19H,6-7,9-10,17-18H2,1-5H3/b11-8-. The lowest BCUT2D eigenvalue weighted by molar-refractivity contribution is 0.0906. The van der Waals surface area contributed by atoms with Crippen molar-refractivity contribution in [2.24, 2.45) is 11.5 Å². The van der Waals surface area contributed by atoms with E-state index >= 15 is 0 Å². The Morgan fingerprint density at radius 2 is 1.80 bits per heavy atom. The molecule has 2 rings (SSSR count). The van der Waals surface area contributed by atoms with Crippen LogP contribution in [0.2, 0.25) is 0 Å². The summed E-state index contributed by atoms with van der Waals surface area (Å²) in [5.41, 5.74) is 14.5. The Bertz CT molecular complexity index is 425. The first-order chi connectivity index (χ1) is 9.10. The summed E-state index contributed by atoms with van der Waals surface area (Å²) in [5, 5.41) is 3.73. The van der Waals surface area contributed by atoms with Gasteiger partial charge in [-0.25, -0.2) is 0 Å². The highest BCUT2D eigenvalue weighted by molar-refractivity contribution is 5.30. The molecule has 20 heavy (non-hydrogen) atoms. The minimum atomic E-state index is 0.148. The van der Waals surface area contributed by atoms with Crippen molar-refractivity contribution in [2.75, 3.05) is 6.54 Å². The van der Waals surface area contributed by atoms with Crippen molar-refractivity contribution in [1.29, 1.82) is 0 Å². The Hall–Kier alpha value is -1.16. The van der Waals surface area contributed by atoms with Crippen LogP contribution in [0.25, 0.3) is 0 Å². The quantitative estimate of drug-likeness (QED) is 0.723. The summed E-state index contributed by atoms with van der Waals surface area (Å²) in [6, 6.07) is 0.505. The number of nitrogens with zero attached hydrogens (tertiary/aromatic N) is 1. The molecule has 0 aromatic rings. The SMILES string of the molecule is C/C(N)=C/C1=C(N)N(C2CC(C)(C)NC(C)(C)C2)CC1. The van der Waals surface area contributed by atoms with E-state index in [9.17, 15) is 0 Å².